The van der Waals surface area contributed by atoms with Crippen LogP contribution in [0.3, 0.4) is 0 Å². The highest BCUT2D eigenvalue weighted by Gasteiger charge is 2.18. The molecule has 0 radical (unpaired) electrons. The molecule has 0 aliphatic rings. The normalized spacial score (nSPS) is 10.1. The minimum Gasteiger partial charge on any atom is -0.497 e. The van der Waals surface area contributed by atoms with Gasteiger partial charge in [-0.3, -0.25) is 9.59 Å². The zero-order valence-corrected chi connectivity index (χ0v) is 15.3. The molecule has 0 fully saturated rings. The fourth-order valence-corrected chi connectivity index (χ4v) is 2.55. The van der Waals surface area contributed by atoms with Crippen LogP contribution in [0.5, 0.6) is 11.5 Å². The third-order valence-electron chi connectivity index (χ3n) is 3.95. The summed E-state index contributed by atoms with van der Waals surface area (Å²) in [6, 6.07) is 14.9. The number of anilines is 1. The Bertz CT molecular complexity index is 747. The van der Waals surface area contributed by atoms with E-state index in [1.807, 2.05) is 30.3 Å². The Labute approximate surface area is 153 Å². The van der Waals surface area contributed by atoms with Crippen molar-refractivity contribution in [2.75, 3.05) is 25.7 Å². The van der Waals surface area contributed by atoms with Crippen LogP contribution < -0.4 is 19.7 Å². The number of nitrogens with one attached hydrogen (secondary N) is 1. The van der Waals surface area contributed by atoms with Gasteiger partial charge in [-0.15, -0.1) is 0 Å². The molecule has 138 valence electrons. The molecule has 0 saturated carbocycles. The van der Waals surface area contributed by atoms with Crippen LogP contribution in [-0.2, 0) is 16.1 Å². The lowest BCUT2D eigenvalue weighted by molar-refractivity contribution is -0.121. The molecule has 6 heteroatoms. The lowest BCUT2D eigenvalue weighted by Crippen LogP contribution is -2.34. The Balaban J connectivity index is 2.02. The number of ether oxygens (including phenoxy) is 2. The van der Waals surface area contributed by atoms with Gasteiger partial charge in [-0.25, -0.2) is 0 Å². The average molecular weight is 356 g/mol. The van der Waals surface area contributed by atoms with Gasteiger partial charge >= 0.3 is 0 Å². The maximum absolute atomic E-state index is 12.1. The second kappa shape index (κ2) is 9.46. The van der Waals surface area contributed by atoms with E-state index in [1.165, 1.54) is 18.9 Å². The standard InChI is InChI=1S/C20H24N2O4/c1-15(23)22(18-13-17(25-2)9-10-19(18)26-3)12-11-20(24)21-14-16-7-5-4-6-8-16/h4-10,13H,11-12,14H2,1-3H3,(H,21,24). The van der Waals surface area contributed by atoms with Crippen molar-refractivity contribution in [3.8, 4) is 11.5 Å². The van der Waals surface area contributed by atoms with E-state index in [0.717, 1.165) is 5.56 Å². The Kier molecular flexibility index (Phi) is 7.02. The number of rotatable bonds is 8. The lowest BCUT2D eigenvalue weighted by atomic mass is 10.2. The van der Waals surface area contributed by atoms with Crippen molar-refractivity contribution in [1.82, 2.24) is 5.32 Å². The van der Waals surface area contributed by atoms with E-state index in [4.69, 9.17) is 9.47 Å². The van der Waals surface area contributed by atoms with Crippen LogP contribution >= 0.6 is 0 Å². The number of nitrogens with zero attached hydrogens (tertiary/aromatic N) is 1. The van der Waals surface area contributed by atoms with Crippen molar-refractivity contribution in [3.63, 3.8) is 0 Å². The average Bonchev–Trinajstić information content (AvgIpc) is 2.67. The summed E-state index contributed by atoms with van der Waals surface area (Å²) in [6.07, 6.45) is 0.187. The molecule has 0 saturated heterocycles. The molecule has 1 N–H and O–H groups in total. The van der Waals surface area contributed by atoms with Crippen LogP contribution in [0.2, 0.25) is 0 Å². The fraction of sp³-hybridized carbons (Fsp3) is 0.300. The molecule has 0 spiro atoms. The first kappa shape index (κ1) is 19.3. The lowest BCUT2D eigenvalue weighted by Gasteiger charge is -2.23. The first-order chi connectivity index (χ1) is 12.5. The van der Waals surface area contributed by atoms with Gasteiger partial charge in [0.25, 0.3) is 0 Å². The third-order valence-corrected chi connectivity index (χ3v) is 3.95. The molecule has 2 aromatic carbocycles. The molecule has 6 nitrogen and oxygen atoms in total. The zero-order chi connectivity index (χ0) is 18.9. The molecule has 0 aliphatic carbocycles. The van der Waals surface area contributed by atoms with Crippen LogP contribution in [0.25, 0.3) is 0 Å². The van der Waals surface area contributed by atoms with Crippen LogP contribution in [0.4, 0.5) is 5.69 Å². The summed E-state index contributed by atoms with van der Waals surface area (Å²) in [5.41, 5.74) is 1.61. The van der Waals surface area contributed by atoms with Gasteiger partial charge in [0.15, 0.2) is 0 Å². The number of carbonyl (C=O) groups excluding carboxylic acids is 2. The molecule has 0 heterocycles. The topological polar surface area (TPSA) is 67.9 Å². The molecule has 26 heavy (non-hydrogen) atoms. The number of hydrogen-bond acceptors (Lipinski definition) is 4. The molecule has 0 atom stereocenters. The molecule has 2 amide bonds. The molecule has 2 aromatic rings. The van der Waals surface area contributed by atoms with E-state index in [9.17, 15) is 9.59 Å². The van der Waals surface area contributed by atoms with E-state index in [1.54, 1.807) is 25.3 Å². The van der Waals surface area contributed by atoms with Crippen molar-refractivity contribution in [2.45, 2.75) is 19.9 Å². The van der Waals surface area contributed by atoms with Crippen molar-refractivity contribution in [2.24, 2.45) is 0 Å². The number of carbonyl (C=O) groups is 2. The molecule has 0 bridgehead atoms. The second-order valence-electron chi connectivity index (χ2n) is 5.72. The Hall–Kier alpha value is -3.02. The van der Waals surface area contributed by atoms with Crippen LogP contribution in [-0.4, -0.2) is 32.6 Å². The summed E-state index contributed by atoms with van der Waals surface area (Å²) in [6.45, 7) is 2.17. The largest absolute Gasteiger partial charge is 0.497 e. The number of amides is 2. The Morgan fingerprint density at radius 3 is 2.38 bits per heavy atom. The van der Waals surface area contributed by atoms with Gasteiger partial charge < -0.3 is 19.7 Å². The number of hydrogen-bond donors (Lipinski definition) is 1. The van der Waals surface area contributed by atoms with E-state index in [2.05, 4.69) is 5.32 Å². The smallest absolute Gasteiger partial charge is 0.223 e. The first-order valence-corrected chi connectivity index (χ1v) is 8.36. The fourth-order valence-electron chi connectivity index (χ4n) is 2.55. The Morgan fingerprint density at radius 2 is 1.77 bits per heavy atom. The number of benzene rings is 2. The Morgan fingerprint density at radius 1 is 1.04 bits per heavy atom. The molecule has 0 aromatic heterocycles. The summed E-state index contributed by atoms with van der Waals surface area (Å²) < 4.78 is 10.6. The second-order valence-corrected chi connectivity index (χ2v) is 5.72. The monoisotopic (exact) mass is 356 g/mol. The van der Waals surface area contributed by atoms with Crippen LogP contribution in [0, 0.1) is 0 Å². The van der Waals surface area contributed by atoms with Crippen molar-refractivity contribution < 1.29 is 19.1 Å². The zero-order valence-electron chi connectivity index (χ0n) is 15.3. The van der Waals surface area contributed by atoms with E-state index >= 15 is 0 Å². The van der Waals surface area contributed by atoms with Gasteiger partial charge in [-0.1, -0.05) is 30.3 Å². The highest BCUT2D eigenvalue weighted by molar-refractivity contribution is 5.94. The molecular weight excluding hydrogens is 332 g/mol. The SMILES string of the molecule is COc1ccc(OC)c(N(CCC(=O)NCc2ccccc2)C(C)=O)c1. The molecule has 0 unspecified atom stereocenters. The maximum Gasteiger partial charge on any atom is 0.223 e. The minimum absolute atomic E-state index is 0.123. The predicted molar refractivity (Wildman–Crippen MR) is 100 cm³/mol. The van der Waals surface area contributed by atoms with E-state index in [0.29, 0.717) is 23.7 Å². The predicted octanol–water partition coefficient (Wildman–Crippen LogP) is 2.76. The van der Waals surface area contributed by atoms with Crippen LogP contribution in [0.1, 0.15) is 18.9 Å². The summed E-state index contributed by atoms with van der Waals surface area (Å²) in [7, 11) is 3.09. The van der Waals surface area contributed by atoms with Gasteiger partial charge in [0.05, 0.1) is 19.9 Å². The first-order valence-electron chi connectivity index (χ1n) is 8.36. The highest BCUT2D eigenvalue weighted by Crippen LogP contribution is 2.32. The summed E-state index contributed by atoms with van der Waals surface area (Å²) in [4.78, 5) is 25.8. The van der Waals surface area contributed by atoms with Crippen molar-refractivity contribution in [3.05, 3.63) is 54.1 Å². The molecule has 0 aliphatic heterocycles. The molecule has 2 rings (SSSR count). The van der Waals surface area contributed by atoms with Gasteiger partial charge in [0, 0.05) is 32.5 Å². The van der Waals surface area contributed by atoms with Gasteiger partial charge in [-0.2, -0.15) is 0 Å². The van der Waals surface area contributed by atoms with Crippen LogP contribution in [0.15, 0.2) is 48.5 Å². The van der Waals surface area contributed by atoms with E-state index in [-0.39, 0.29) is 24.8 Å². The third kappa shape index (κ3) is 5.24. The summed E-state index contributed by atoms with van der Waals surface area (Å²) in [5, 5.41) is 2.86. The number of methoxy groups -OCH3 is 2. The van der Waals surface area contributed by atoms with E-state index < -0.39 is 0 Å². The molecular formula is C20H24N2O4. The summed E-state index contributed by atoms with van der Waals surface area (Å²) >= 11 is 0. The van der Waals surface area contributed by atoms with Gasteiger partial charge in [0.1, 0.15) is 11.5 Å². The highest BCUT2D eigenvalue weighted by atomic mass is 16.5. The quantitative estimate of drug-likeness (QED) is 0.790. The maximum atomic E-state index is 12.1. The van der Waals surface area contributed by atoms with Crippen molar-refractivity contribution in [1.29, 1.82) is 0 Å². The van der Waals surface area contributed by atoms with Crippen molar-refractivity contribution >= 4 is 17.5 Å². The van der Waals surface area contributed by atoms with Gasteiger partial charge in [0.2, 0.25) is 11.8 Å². The minimum atomic E-state index is -0.174. The van der Waals surface area contributed by atoms with Gasteiger partial charge in [-0.05, 0) is 17.7 Å². The summed E-state index contributed by atoms with van der Waals surface area (Å²) in [5.74, 6) is 0.862.